The average Bonchev–Trinajstić information content (AvgIpc) is 2.40. The minimum Gasteiger partial charge on any atom is -0.398 e. The Hall–Kier alpha value is -0.730. The van der Waals surface area contributed by atoms with E-state index in [4.69, 9.17) is 22.1 Å². The van der Waals surface area contributed by atoms with Crippen LogP contribution in [0.1, 0.15) is 45.6 Å². The Morgan fingerprint density at radius 2 is 2.10 bits per heavy atom. The molecule has 1 aromatic rings. The summed E-state index contributed by atoms with van der Waals surface area (Å²) in [5.74, 6) is 2.13. The van der Waals surface area contributed by atoms with Crippen LogP contribution < -0.4 is 5.73 Å². The van der Waals surface area contributed by atoms with Crippen LogP contribution in [0.2, 0.25) is 5.02 Å². The zero-order valence-corrected chi connectivity index (χ0v) is 13.5. The molecule has 0 amide bonds. The van der Waals surface area contributed by atoms with Crippen molar-refractivity contribution in [2.45, 2.75) is 52.7 Å². The number of hydrogen-bond donors (Lipinski definition) is 1. The van der Waals surface area contributed by atoms with Gasteiger partial charge in [-0.2, -0.15) is 0 Å². The second-order valence-electron chi connectivity index (χ2n) is 6.53. The molecule has 0 saturated heterocycles. The van der Waals surface area contributed by atoms with Crippen molar-refractivity contribution in [2.24, 2.45) is 17.8 Å². The summed E-state index contributed by atoms with van der Waals surface area (Å²) in [4.78, 5) is 0. The van der Waals surface area contributed by atoms with Gasteiger partial charge in [0.25, 0.3) is 0 Å². The van der Waals surface area contributed by atoms with Gasteiger partial charge in [0.15, 0.2) is 0 Å². The van der Waals surface area contributed by atoms with Crippen LogP contribution in [0.25, 0.3) is 0 Å². The predicted octanol–water partition coefficient (Wildman–Crippen LogP) is 4.90. The molecule has 0 heterocycles. The topological polar surface area (TPSA) is 35.2 Å². The summed E-state index contributed by atoms with van der Waals surface area (Å²) >= 11 is 5.95. The molecule has 112 valence electrons. The van der Waals surface area contributed by atoms with Crippen LogP contribution >= 0.6 is 11.6 Å². The third kappa shape index (κ3) is 3.89. The van der Waals surface area contributed by atoms with Crippen LogP contribution in [0.5, 0.6) is 0 Å². The number of benzene rings is 1. The summed E-state index contributed by atoms with van der Waals surface area (Å²) in [6.45, 7) is 7.56. The third-order valence-electron chi connectivity index (χ3n) is 4.49. The highest BCUT2D eigenvalue weighted by Gasteiger charge is 2.31. The minimum atomic E-state index is 0.371. The maximum atomic E-state index is 6.21. The summed E-state index contributed by atoms with van der Waals surface area (Å²) < 4.78 is 6.21. The molecule has 0 radical (unpaired) electrons. The molecule has 0 spiro atoms. The molecule has 2 N–H and O–H groups in total. The van der Waals surface area contributed by atoms with Gasteiger partial charge in [-0.05, 0) is 48.3 Å². The highest BCUT2D eigenvalue weighted by molar-refractivity contribution is 6.33. The standard InChI is InChI=1S/C17H26ClNO/c1-11(2)14-6-4-12(3)8-17(14)20-10-13-5-7-15(18)16(19)9-13/h5,7,9,11-12,14,17H,4,6,8,10,19H2,1-3H3. The molecule has 1 fully saturated rings. The van der Waals surface area contributed by atoms with Gasteiger partial charge in [-0.15, -0.1) is 0 Å². The Balaban J connectivity index is 1.98. The third-order valence-corrected chi connectivity index (χ3v) is 4.83. The zero-order chi connectivity index (χ0) is 14.7. The molecule has 0 aliphatic heterocycles. The lowest BCUT2D eigenvalue weighted by Gasteiger charge is -2.37. The van der Waals surface area contributed by atoms with Crippen LogP contribution in [-0.4, -0.2) is 6.10 Å². The van der Waals surface area contributed by atoms with E-state index in [0.29, 0.717) is 35.3 Å². The van der Waals surface area contributed by atoms with Crippen molar-refractivity contribution >= 4 is 17.3 Å². The smallest absolute Gasteiger partial charge is 0.0721 e. The van der Waals surface area contributed by atoms with E-state index in [2.05, 4.69) is 20.8 Å². The molecular weight excluding hydrogens is 270 g/mol. The molecule has 20 heavy (non-hydrogen) atoms. The second kappa shape index (κ2) is 6.82. The van der Waals surface area contributed by atoms with Gasteiger partial charge in [0, 0.05) is 0 Å². The first-order chi connectivity index (χ1) is 9.47. The number of rotatable bonds is 4. The molecule has 0 aromatic heterocycles. The van der Waals surface area contributed by atoms with E-state index in [1.165, 1.54) is 19.3 Å². The highest BCUT2D eigenvalue weighted by atomic mass is 35.5. The molecule has 2 rings (SSSR count). The van der Waals surface area contributed by atoms with Gasteiger partial charge >= 0.3 is 0 Å². The number of ether oxygens (including phenoxy) is 1. The molecule has 3 heteroatoms. The van der Waals surface area contributed by atoms with Crippen molar-refractivity contribution < 1.29 is 4.74 Å². The van der Waals surface area contributed by atoms with Crippen molar-refractivity contribution in [1.82, 2.24) is 0 Å². The summed E-state index contributed by atoms with van der Waals surface area (Å²) in [6, 6.07) is 5.76. The van der Waals surface area contributed by atoms with E-state index in [1.807, 2.05) is 18.2 Å². The molecule has 0 bridgehead atoms. The normalized spacial score (nSPS) is 26.9. The van der Waals surface area contributed by atoms with Gasteiger partial charge < -0.3 is 10.5 Å². The summed E-state index contributed by atoms with van der Waals surface area (Å²) in [7, 11) is 0. The Kier molecular flexibility index (Phi) is 5.34. The fourth-order valence-corrected chi connectivity index (χ4v) is 3.31. The average molecular weight is 296 g/mol. The molecule has 1 aliphatic carbocycles. The summed E-state index contributed by atoms with van der Waals surface area (Å²) in [6.07, 6.45) is 4.16. The Bertz CT molecular complexity index is 447. The van der Waals surface area contributed by atoms with Crippen molar-refractivity contribution in [1.29, 1.82) is 0 Å². The van der Waals surface area contributed by atoms with Gasteiger partial charge in [-0.25, -0.2) is 0 Å². The van der Waals surface area contributed by atoms with Crippen LogP contribution in [0.4, 0.5) is 5.69 Å². The van der Waals surface area contributed by atoms with Crippen molar-refractivity contribution in [3.8, 4) is 0 Å². The van der Waals surface area contributed by atoms with Crippen LogP contribution in [-0.2, 0) is 11.3 Å². The number of hydrogen-bond acceptors (Lipinski definition) is 2. The van der Waals surface area contributed by atoms with Crippen molar-refractivity contribution in [2.75, 3.05) is 5.73 Å². The molecule has 3 atom stereocenters. The van der Waals surface area contributed by atoms with E-state index in [9.17, 15) is 0 Å². The monoisotopic (exact) mass is 295 g/mol. The fraction of sp³-hybridized carbons (Fsp3) is 0.647. The van der Waals surface area contributed by atoms with Crippen LogP contribution in [0.15, 0.2) is 18.2 Å². The second-order valence-corrected chi connectivity index (χ2v) is 6.94. The maximum absolute atomic E-state index is 6.21. The Morgan fingerprint density at radius 1 is 1.35 bits per heavy atom. The first-order valence-corrected chi connectivity index (χ1v) is 8.00. The van der Waals surface area contributed by atoms with Gasteiger partial charge in [0.05, 0.1) is 23.4 Å². The number of nitrogens with two attached hydrogens (primary N) is 1. The summed E-state index contributed by atoms with van der Waals surface area (Å²) in [5, 5.41) is 0.611. The van der Waals surface area contributed by atoms with Crippen LogP contribution in [0, 0.1) is 17.8 Å². The van der Waals surface area contributed by atoms with E-state index in [0.717, 1.165) is 11.5 Å². The van der Waals surface area contributed by atoms with Gasteiger partial charge in [-0.1, -0.05) is 44.9 Å². The number of halogens is 1. The molecule has 2 nitrogen and oxygen atoms in total. The molecular formula is C17H26ClNO. The molecule has 1 saturated carbocycles. The lowest BCUT2D eigenvalue weighted by Crippen LogP contribution is -2.34. The number of nitrogen functional groups attached to an aromatic ring is 1. The molecule has 1 aliphatic rings. The lowest BCUT2D eigenvalue weighted by atomic mass is 9.75. The van der Waals surface area contributed by atoms with Gasteiger partial charge in [-0.3, -0.25) is 0 Å². The summed E-state index contributed by atoms with van der Waals surface area (Å²) in [5.41, 5.74) is 7.57. The largest absolute Gasteiger partial charge is 0.398 e. The first-order valence-electron chi connectivity index (χ1n) is 7.63. The van der Waals surface area contributed by atoms with E-state index < -0.39 is 0 Å². The lowest BCUT2D eigenvalue weighted by molar-refractivity contribution is -0.0472. The van der Waals surface area contributed by atoms with E-state index >= 15 is 0 Å². The van der Waals surface area contributed by atoms with E-state index in [1.54, 1.807) is 0 Å². The Labute approximate surface area is 127 Å². The zero-order valence-electron chi connectivity index (χ0n) is 12.7. The number of anilines is 1. The SMILES string of the molecule is CC1CCC(C(C)C)C(OCc2ccc(Cl)c(N)c2)C1. The van der Waals surface area contributed by atoms with Gasteiger partial charge in [0.2, 0.25) is 0 Å². The fourth-order valence-electron chi connectivity index (χ4n) is 3.19. The van der Waals surface area contributed by atoms with Crippen LogP contribution in [0.3, 0.4) is 0 Å². The van der Waals surface area contributed by atoms with Crippen molar-refractivity contribution in [3.63, 3.8) is 0 Å². The highest BCUT2D eigenvalue weighted by Crippen LogP contribution is 2.35. The quantitative estimate of drug-likeness (QED) is 0.802. The molecule has 3 unspecified atom stereocenters. The maximum Gasteiger partial charge on any atom is 0.0721 e. The van der Waals surface area contributed by atoms with Gasteiger partial charge in [0.1, 0.15) is 0 Å². The first kappa shape index (κ1) is 15.7. The molecule has 1 aromatic carbocycles. The van der Waals surface area contributed by atoms with E-state index in [-0.39, 0.29) is 0 Å². The van der Waals surface area contributed by atoms with Crippen molar-refractivity contribution in [3.05, 3.63) is 28.8 Å². The Morgan fingerprint density at radius 3 is 2.75 bits per heavy atom. The predicted molar refractivity (Wildman–Crippen MR) is 85.8 cm³/mol. The minimum absolute atomic E-state index is 0.371.